The second-order valence-corrected chi connectivity index (χ2v) is 4.77. The molecule has 1 aromatic heterocycles. The van der Waals surface area contributed by atoms with Gasteiger partial charge in [-0.05, 0) is 18.2 Å². The zero-order chi connectivity index (χ0) is 13.1. The van der Waals surface area contributed by atoms with Gasteiger partial charge in [-0.1, -0.05) is 0 Å². The highest BCUT2D eigenvalue weighted by Crippen LogP contribution is 2.15. The molecule has 6 heteroatoms. The van der Waals surface area contributed by atoms with Gasteiger partial charge in [0.05, 0.1) is 11.0 Å². The third-order valence-electron chi connectivity index (χ3n) is 3.37. The highest BCUT2D eigenvalue weighted by molar-refractivity contribution is 5.77. The van der Waals surface area contributed by atoms with E-state index in [2.05, 4.69) is 25.5 Å². The molecule has 2 heterocycles. The molecule has 1 aromatic carbocycles. The lowest BCUT2D eigenvalue weighted by molar-refractivity contribution is 0.249. The number of rotatable bonds is 4. The van der Waals surface area contributed by atoms with Crippen molar-refractivity contribution in [3.8, 4) is 0 Å². The van der Waals surface area contributed by atoms with Crippen LogP contribution in [0.25, 0.3) is 11.0 Å². The van der Waals surface area contributed by atoms with Crippen LogP contribution in [0.4, 0.5) is 10.3 Å². The molecule has 0 aliphatic carbocycles. The predicted molar refractivity (Wildman–Crippen MR) is 73.9 cm³/mol. The van der Waals surface area contributed by atoms with E-state index in [1.807, 2.05) is 0 Å². The monoisotopic (exact) mass is 263 g/mol. The maximum atomic E-state index is 13.1. The maximum Gasteiger partial charge on any atom is 0.201 e. The van der Waals surface area contributed by atoms with Crippen LogP contribution in [0, 0.1) is 5.82 Å². The highest BCUT2D eigenvalue weighted by Gasteiger charge is 2.09. The van der Waals surface area contributed by atoms with Crippen LogP contribution in [-0.4, -0.2) is 54.1 Å². The Balaban J connectivity index is 1.56. The standard InChI is InChI=1S/C13H18FN5/c14-10-1-2-11-12(9-10)18-13(17-11)16-5-8-19-6-3-15-4-7-19/h1-2,9,15H,3-8H2,(H2,16,17,18). The molecule has 0 saturated carbocycles. The van der Waals surface area contributed by atoms with Gasteiger partial charge in [0, 0.05) is 39.3 Å². The van der Waals surface area contributed by atoms with E-state index in [1.54, 1.807) is 6.07 Å². The maximum absolute atomic E-state index is 13.1. The predicted octanol–water partition coefficient (Wildman–Crippen LogP) is 1.02. The second-order valence-electron chi connectivity index (χ2n) is 4.77. The molecule has 0 spiro atoms. The van der Waals surface area contributed by atoms with E-state index in [4.69, 9.17) is 0 Å². The SMILES string of the molecule is Fc1ccc2nc(NCCN3CCNCC3)[nH]c2c1. The minimum absolute atomic E-state index is 0.247. The molecule has 3 N–H and O–H groups in total. The molecule has 19 heavy (non-hydrogen) atoms. The normalized spacial score (nSPS) is 16.9. The minimum atomic E-state index is -0.247. The van der Waals surface area contributed by atoms with Gasteiger partial charge in [0.15, 0.2) is 0 Å². The average Bonchev–Trinajstić information content (AvgIpc) is 2.82. The summed E-state index contributed by atoms with van der Waals surface area (Å²) >= 11 is 0. The fourth-order valence-corrected chi connectivity index (χ4v) is 2.33. The van der Waals surface area contributed by atoms with E-state index >= 15 is 0 Å². The number of fused-ring (bicyclic) bond motifs is 1. The van der Waals surface area contributed by atoms with Gasteiger partial charge in [-0.2, -0.15) is 0 Å². The van der Waals surface area contributed by atoms with E-state index in [0.717, 1.165) is 50.3 Å². The summed E-state index contributed by atoms with van der Waals surface area (Å²) in [5, 5.41) is 6.58. The first-order chi connectivity index (χ1) is 9.31. The number of nitrogens with zero attached hydrogens (tertiary/aromatic N) is 2. The molecule has 0 amide bonds. The van der Waals surface area contributed by atoms with Gasteiger partial charge in [0.25, 0.3) is 0 Å². The van der Waals surface area contributed by atoms with Crippen molar-refractivity contribution in [2.45, 2.75) is 0 Å². The largest absolute Gasteiger partial charge is 0.355 e. The van der Waals surface area contributed by atoms with Crippen LogP contribution in [-0.2, 0) is 0 Å². The van der Waals surface area contributed by atoms with Crippen LogP contribution < -0.4 is 10.6 Å². The van der Waals surface area contributed by atoms with Gasteiger partial charge in [-0.15, -0.1) is 0 Å². The second kappa shape index (κ2) is 5.54. The molecule has 1 fully saturated rings. The summed E-state index contributed by atoms with van der Waals surface area (Å²) in [7, 11) is 0. The third kappa shape index (κ3) is 3.02. The molecule has 1 aliphatic heterocycles. The fraction of sp³-hybridized carbons (Fsp3) is 0.462. The van der Waals surface area contributed by atoms with E-state index in [-0.39, 0.29) is 5.82 Å². The quantitative estimate of drug-likeness (QED) is 0.771. The van der Waals surface area contributed by atoms with Crippen LogP contribution >= 0.6 is 0 Å². The molecule has 0 atom stereocenters. The molecule has 0 radical (unpaired) electrons. The van der Waals surface area contributed by atoms with Crippen molar-refractivity contribution in [1.29, 1.82) is 0 Å². The number of piperazine rings is 1. The Kier molecular flexibility index (Phi) is 3.61. The molecule has 1 aliphatic rings. The first-order valence-corrected chi connectivity index (χ1v) is 6.63. The Morgan fingerprint density at radius 1 is 1.32 bits per heavy atom. The summed E-state index contributed by atoms with van der Waals surface area (Å²) < 4.78 is 13.1. The molecule has 1 saturated heterocycles. The Bertz CT molecular complexity index is 547. The van der Waals surface area contributed by atoms with Gasteiger partial charge in [-0.25, -0.2) is 9.37 Å². The first-order valence-electron chi connectivity index (χ1n) is 6.63. The van der Waals surface area contributed by atoms with Crippen molar-refractivity contribution in [3.63, 3.8) is 0 Å². The third-order valence-corrected chi connectivity index (χ3v) is 3.37. The van der Waals surface area contributed by atoms with Gasteiger partial charge in [-0.3, -0.25) is 4.90 Å². The minimum Gasteiger partial charge on any atom is -0.355 e. The topological polar surface area (TPSA) is 56.0 Å². The van der Waals surface area contributed by atoms with E-state index < -0.39 is 0 Å². The van der Waals surface area contributed by atoms with Gasteiger partial charge in [0.1, 0.15) is 5.82 Å². The first kappa shape index (κ1) is 12.4. The number of anilines is 1. The highest BCUT2D eigenvalue weighted by atomic mass is 19.1. The molecule has 0 unspecified atom stereocenters. The molecule has 3 rings (SSSR count). The van der Waals surface area contributed by atoms with Crippen LogP contribution in [0.15, 0.2) is 18.2 Å². The molecule has 2 aromatic rings. The zero-order valence-electron chi connectivity index (χ0n) is 10.7. The van der Waals surface area contributed by atoms with E-state index in [0.29, 0.717) is 5.95 Å². The lowest BCUT2D eigenvalue weighted by Gasteiger charge is -2.26. The number of aromatic nitrogens is 2. The summed E-state index contributed by atoms with van der Waals surface area (Å²) in [5.74, 6) is 0.458. The Hall–Kier alpha value is -1.66. The summed E-state index contributed by atoms with van der Waals surface area (Å²) in [4.78, 5) is 9.86. The summed E-state index contributed by atoms with van der Waals surface area (Å²) in [5.41, 5.74) is 1.51. The Morgan fingerprint density at radius 3 is 3.00 bits per heavy atom. The number of imidazole rings is 1. The molecule has 0 bridgehead atoms. The summed E-state index contributed by atoms with van der Waals surface area (Å²) in [6.45, 7) is 6.13. The lowest BCUT2D eigenvalue weighted by atomic mass is 10.3. The number of hydrogen-bond donors (Lipinski definition) is 3. The van der Waals surface area contributed by atoms with Gasteiger partial charge in [0.2, 0.25) is 5.95 Å². The number of hydrogen-bond acceptors (Lipinski definition) is 4. The smallest absolute Gasteiger partial charge is 0.201 e. The van der Waals surface area contributed by atoms with Crippen molar-refractivity contribution < 1.29 is 4.39 Å². The molecular formula is C13H18FN5. The van der Waals surface area contributed by atoms with Crippen LogP contribution in [0.5, 0.6) is 0 Å². The Morgan fingerprint density at radius 2 is 2.16 bits per heavy atom. The fourth-order valence-electron chi connectivity index (χ4n) is 2.33. The van der Waals surface area contributed by atoms with Crippen LogP contribution in [0.2, 0.25) is 0 Å². The van der Waals surface area contributed by atoms with E-state index in [1.165, 1.54) is 12.1 Å². The Labute approximate surface area is 111 Å². The van der Waals surface area contributed by atoms with Crippen LogP contribution in [0.3, 0.4) is 0 Å². The molecule has 102 valence electrons. The van der Waals surface area contributed by atoms with E-state index in [9.17, 15) is 4.39 Å². The summed E-state index contributed by atoms with van der Waals surface area (Å²) in [6, 6.07) is 4.57. The van der Waals surface area contributed by atoms with Gasteiger partial charge >= 0.3 is 0 Å². The average molecular weight is 263 g/mol. The number of benzene rings is 1. The van der Waals surface area contributed by atoms with Crippen molar-refractivity contribution >= 4 is 17.0 Å². The number of aromatic amines is 1. The van der Waals surface area contributed by atoms with Crippen molar-refractivity contribution in [3.05, 3.63) is 24.0 Å². The van der Waals surface area contributed by atoms with Gasteiger partial charge < -0.3 is 15.6 Å². The lowest BCUT2D eigenvalue weighted by Crippen LogP contribution is -2.45. The molecular weight excluding hydrogens is 245 g/mol. The number of H-pyrrole nitrogens is 1. The van der Waals surface area contributed by atoms with Crippen molar-refractivity contribution in [2.24, 2.45) is 0 Å². The van der Waals surface area contributed by atoms with Crippen LogP contribution in [0.1, 0.15) is 0 Å². The summed E-state index contributed by atoms with van der Waals surface area (Å²) in [6.07, 6.45) is 0. The zero-order valence-corrected chi connectivity index (χ0v) is 10.7. The number of halogens is 1. The molecule has 5 nitrogen and oxygen atoms in total. The number of nitrogens with one attached hydrogen (secondary N) is 3. The van der Waals surface area contributed by atoms with Crippen molar-refractivity contribution in [2.75, 3.05) is 44.6 Å². The van der Waals surface area contributed by atoms with Crippen molar-refractivity contribution in [1.82, 2.24) is 20.2 Å².